The third-order valence-corrected chi connectivity index (χ3v) is 3.42. The lowest BCUT2D eigenvalue weighted by Crippen LogP contribution is -2.54. The minimum Gasteiger partial charge on any atom is -0.368 e. The van der Waals surface area contributed by atoms with E-state index in [1.807, 2.05) is 0 Å². The van der Waals surface area contributed by atoms with Gasteiger partial charge in [0, 0.05) is 6.54 Å². The molecule has 124 valence electrons. The molecule has 0 spiro atoms. The number of nitrogens with zero attached hydrogens (tertiary/aromatic N) is 1. The van der Waals surface area contributed by atoms with Gasteiger partial charge in [0.05, 0.1) is 12.6 Å². The molecule has 9 heteroatoms. The number of carbonyl (C=O) groups excluding carboxylic acids is 4. The second-order valence-corrected chi connectivity index (χ2v) is 5.39. The van der Waals surface area contributed by atoms with Crippen LogP contribution < -0.4 is 22.1 Å². The first-order valence-electron chi connectivity index (χ1n) is 7.16. The van der Waals surface area contributed by atoms with Crippen molar-refractivity contribution in [3.05, 3.63) is 0 Å². The van der Waals surface area contributed by atoms with Crippen LogP contribution in [0, 0.1) is 0 Å². The van der Waals surface area contributed by atoms with Gasteiger partial charge < -0.3 is 27.0 Å². The van der Waals surface area contributed by atoms with Crippen molar-refractivity contribution in [2.45, 2.75) is 44.8 Å². The number of rotatable bonds is 6. The monoisotopic (exact) mass is 313 g/mol. The van der Waals surface area contributed by atoms with Crippen molar-refractivity contribution >= 4 is 23.6 Å². The Hall–Kier alpha value is -2.16. The molecule has 1 aliphatic heterocycles. The van der Waals surface area contributed by atoms with E-state index in [0.717, 1.165) is 0 Å². The second kappa shape index (κ2) is 7.74. The van der Waals surface area contributed by atoms with Crippen molar-refractivity contribution in [3.8, 4) is 0 Å². The fraction of sp³-hybridized carbons (Fsp3) is 0.692. The minimum atomic E-state index is -0.775. The van der Waals surface area contributed by atoms with Gasteiger partial charge in [-0.2, -0.15) is 0 Å². The van der Waals surface area contributed by atoms with Gasteiger partial charge in [0.15, 0.2) is 0 Å². The molecular formula is C13H23N5O4. The summed E-state index contributed by atoms with van der Waals surface area (Å²) in [4.78, 5) is 48.0. The second-order valence-electron chi connectivity index (χ2n) is 5.39. The number of nitrogens with one attached hydrogen (secondary N) is 2. The zero-order valence-electron chi connectivity index (χ0n) is 12.8. The number of hydrogen-bond donors (Lipinski definition) is 4. The summed E-state index contributed by atoms with van der Waals surface area (Å²) in [6, 6.07) is -2.15. The molecule has 1 saturated heterocycles. The van der Waals surface area contributed by atoms with Gasteiger partial charge in [0.2, 0.25) is 23.6 Å². The van der Waals surface area contributed by atoms with Crippen LogP contribution in [0.1, 0.15) is 26.7 Å². The molecule has 9 nitrogen and oxygen atoms in total. The van der Waals surface area contributed by atoms with E-state index in [0.29, 0.717) is 19.4 Å². The molecular weight excluding hydrogens is 290 g/mol. The highest BCUT2D eigenvalue weighted by molar-refractivity contribution is 5.94. The van der Waals surface area contributed by atoms with E-state index in [1.54, 1.807) is 6.92 Å². The molecule has 0 radical (unpaired) electrons. The van der Waals surface area contributed by atoms with Gasteiger partial charge >= 0.3 is 0 Å². The Kier molecular flexibility index (Phi) is 6.29. The maximum Gasteiger partial charge on any atom is 0.245 e. The van der Waals surface area contributed by atoms with E-state index in [2.05, 4.69) is 10.6 Å². The summed E-state index contributed by atoms with van der Waals surface area (Å²) < 4.78 is 0. The first-order chi connectivity index (χ1) is 10.2. The molecule has 0 aliphatic carbocycles. The van der Waals surface area contributed by atoms with Crippen molar-refractivity contribution in [3.63, 3.8) is 0 Å². The maximum atomic E-state index is 12.4. The van der Waals surface area contributed by atoms with Crippen LogP contribution in [0.3, 0.4) is 0 Å². The van der Waals surface area contributed by atoms with Crippen LogP contribution >= 0.6 is 0 Å². The number of likely N-dealkylation sites (tertiary alicyclic amines) is 1. The van der Waals surface area contributed by atoms with Gasteiger partial charge in [-0.05, 0) is 26.7 Å². The molecule has 4 amide bonds. The zero-order valence-corrected chi connectivity index (χ0v) is 12.8. The van der Waals surface area contributed by atoms with Crippen LogP contribution in [0.4, 0.5) is 0 Å². The number of nitrogens with two attached hydrogens (primary N) is 2. The summed E-state index contributed by atoms with van der Waals surface area (Å²) in [7, 11) is 0. The van der Waals surface area contributed by atoms with Gasteiger partial charge in [0.1, 0.15) is 12.1 Å². The van der Waals surface area contributed by atoms with Gasteiger partial charge in [-0.1, -0.05) is 0 Å². The van der Waals surface area contributed by atoms with E-state index in [-0.39, 0.29) is 12.5 Å². The number of amides is 4. The summed E-state index contributed by atoms with van der Waals surface area (Å²) in [6.45, 7) is 3.21. The quantitative estimate of drug-likeness (QED) is 0.425. The maximum absolute atomic E-state index is 12.4. The smallest absolute Gasteiger partial charge is 0.245 e. The summed E-state index contributed by atoms with van der Waals surface area (Å²) >= 11 is 0. The summed E-state index contributed by atoms with van der Waals surface area (Å²) in [5.74, 6) is -1.86. The van der Waals surface area contributed by atoms with Crippen LogP contribution in [0.5, 0.6) is 0 Å². The predicted octanol–water partition coefficient (Wildman–Crippen LogP) is -2.57. The lowest BCUT2D eigenvalue weighted by atomic mass is 10.2. The first kappa shape index (κ1) is 17.9. The Morgan fingerprint density at radius 1 is 1.27 bits per heavy atom. The van der Waals surface area contributed by atoms with Crippen LogP contribution in [0.2, 0.25) is 0 Å². The van der Waals surface area contributed by atoms with Crippen LogP contribution in [-0.4, -0.2) is 59.7 Å². The first-order valence-corrected chi connectivity index (χ1v) is 7.16. The SMILES string of the molecule is C[C@H](NC(=O)[C@@H](C)N)C(=O)N1CCC[C@H]1C(=O)NCC(N)=O. The molecule has 6 N–H and O–H groups in total. The average molecular weight is 313 g/mol. The molecule has 1 fully saturated rings. The van der Waals surface area contributed by atoms with Crippen molar-refractivity contribution in [2.75, 3.05) is 13.1 Å². The molecule has 0 bridgehead atoms. The van der Waals surface area contributed by atoms with Gasteiger partial charge in [0.25, 0.3) is 0 Å². The van der Waals surface area contributed by atoms with E-state index >= 15 is 0 Å². The largest absolute Gasteiger partial charge is 0.368 e. The van der Waals surface area contributed by atoms with E-state index < -0.39 is 35.8 Å². The van der Waals surface area contributed by atoms with Crippen molar-refractivity contribution in [1.29, 1.82) is 0 Å². The average Bonchev–Trinajstić information content (AvgIpc) is 2.92. The van der Waals surface area contributed by atoms with Gasteiger partial charge in [-0.15, -0.1) is 0 Å². The molecule has 1 aliphatic rings. The van der Waals surface area contributed by atoms with Crippen molar-refractivity contribution in [2.24, 2.45) is 11.5 Å². The Morgan fingerprint density at radius 3 is 2.45 bits per heavy atom. The van der Waals surface area contributed by atoms with Gasteiger partial charge in [-0.25, -0.2) is 0 Å². The minimum absolute atomic E-state index is 0.270. The fourth-order valence-corrected chi connectivity index (χ4v) is 2.25. The molecule has 0 unspecified atom stereocenters. The molecule has 1 heterocycles. The van der Waals surface area contributed by atoms with E-state index in [9.17, 15) is 19.2 Å². The van der Waals surface area contributed by atoms with Gasteiger partial charge in [-0.3, -0.25) is 19.2 Å². The Bertz CT molecular complexity index is 465. The predicted molar refractivity (Wildman–Crippen MR) is 78.2 cm³/mol. The highest BCUT2D eigenvalue weighted by Gasteiger charge is 2.36. The molecule has 0 aromatic carbocycles. The normalized spacial score (nSPS) is 20.1. The van der Waals surface area contributed by atoms with Crippen LogP contribution in [0.25, 0.3) is 0 Å². The third-order valence-electron chi connectivity index (χ3n) is 3.42. The molecule has 1 rings (SSSR count). The number of primary amides is 1. The molecule has 22 heavy (non-hydrogen) atoms. The molecule has 3 atom stereocenters. The van der Waals surface area contributed by atoms with Crippen LogP contribution in [0.15, 0.2) is 0 Å². The van der Waals surface area contributed by atoms with Crippen LogP contribution in [-0.2, 0) is 19.2 Å². The van der Waals surface area contributed by atoms with Crippen molar-refractivity contribution < 1.29 is 19.2 Å². The van der Waals surface area contributed by atoms with Crippen molar-refractivity contribution in [1.82, 2.24) is 15.5 Å². The van der Waals surface area contributed by atoms with E-state index in [1.165, 1.54) is 11.8 Å². The Labute approximate surface area is 128 Å². The highest BCUT2D eigenvalue weighted by Crippen LogP contribution is 2.18. The molecule has 0 saturated carbocycles. The highest BCUT2D eigenvalue weighted by atomic mass is 16.2. The standard InChI is InChI=1S/C13H23N5O4/c1-7(14)11(20)17-8(2)13(22)18-5-3-4-9(18)12(21)16-6-10(15)19/h7-9H,3-6,14H2,1-2H3,(H2,15,19)(H,16,21)(H,17,20)/t7-,8+,9+/m1/s1. The summed E-state index contributed by atoms with van der Waals surface area (Å²) in [5, 5.41) is 4.90. The lowest BCUT2D eigenvalue weighted by molar-refractivity contribution is -0.141. The third kappa shape index (κ3) is 4.69. The lowest BCUT2D eigenvalue weighted by Gasteiger charge is -2.27. The Morgan fingerprint density at radius 2 is 1.91 bits per heavy atom. The number of carbonyl (C=O) groups is 4. The zero-order chi connectivity index (χ0) is 16.9. The Balaban J connectivity index is 2.64. The molecule has 0 aromatic rings. The summed E-state index contributed by atoms with van der Waals surface area (Å²) in [6.07, 6.45) is 1.18. The summed E-state index contributed by atoms with van der Waals surface area (Å²) in [5.41, 5.74) is 10.4. The molecule has 0 aromatic heterocycles. The van der Waals surface area contributed by atoms with E-state index in [4.69, 9.17) is 11.5 Å². The topological polar surface area (TPSA) is 148 Å². The fourth-order valence-electron chi connectivity index (χ4n) is 2.25. The number of hydrogen-bond acceptors (Lipinski definition) is 5.